The van der Waals surface area contributed by atoms with E-state index in [4.69, 9.17) is 23.2 Å². The van der Waals surface area contributed by atoms with E-state index in [9.17, 15) is 0 Å². The van der Waals surface area contributed by atoms with Gasteiger partial charge in [0, 0.05) is 49.0 Å². The molecule has 0 amide bonds. The molecule has 0 atom stereocenters. The maximum Gasteiger partial charge on any atom is 0.161 e. The van der Waals surface area contributed by atoms with Gasteiger partial charge in [-0.2, -0.15) is 0 Å². The van der Waals surface area contributed by atoms with E-state index < -0.39 is 0 Å². The summed E-state index contributed by atoms with van der Waals surface area (Å²) >= 11 is 0. The summed E-state index contributed by atoms with van der Waals surface area (Å²) in [5, 5.41) is 6.29. The maximum absolute atomic E-state index is 6.27. The van der Waals surface area contributed by atoms with Gasteiger partial charge in [-0.3, -0.25) is 0 Å². The highest BCUT2D eigenvalue weighted by Crippen LogP contribution is 2.40. The molecule has 0 N–H and O–H groups in total. The van der Waals surface area contributed by atoms with Gasteiger partial charge in [0.25, 0.3) is 0 Å². The Morgan fingerprint density at radius 2 is 0.867 bits per heavy atom. The van der Waals surface area contributed by atoms with E-state index in [1.165, 1.54) is 0 Å². The standard InChI is InChI=1S/C40H22N2O3/c1-4-14-32-24(9-1)25-20-19-23(21-37(25)45-32)30-22-31(26-12-7-17-35-38(26)27-10-2-5-15-33(27)43-35)42-40(41-30)29-13-8-18-36-39(29)28-11-3-6-16-34(28)44-36/h1-22H. The summed E-state index contributed by atoms with van der Waals surface area (Å²) in [5.74, 6) is 0.620. The van der Waals surface area contributed by atoms with Crippen molar-refractivity contribution >= 4 is 65.8 Å². The highest BCUT2D eigenvalue weighted by atomic mass is 16.3. The lowest BCUT2D eigenvalue weighted by molar-refractivity contribution is 0.668. The normalized spacial score (nSPS) is 12.0. The van der Waals surface area contributed by atoms with Crippen LogP contribution in [0.25, 0.3) is 99.7 Å². The smallest absolute Gasteiger partial charge is 0.161 e. The number of hydrogen-bond acceptors (Lipinski definition) is 5. The fourth-order valence-electron chi connectivity index (χ4n) is 6.69. The number of benzene rings is 6. The highest BCUT2D eigenvalue weighted by Gasteiger charge is 2.19. The van der Waals surface area contributed by atoms with Crippen LogP contribution in [0.4, 0.5) is 0 Å². The van der Waals surface area contributed by atoms with Crippen LogP contribution in [0.3, 0.4) is 0 Å². The van der Waals surface area contributed by atoms with Crippen molar-refractivity contribution in [3.05, 3.63) is 133 Å². The Hall–Kier alpha value is -6.20. The monoisotopic (exact) mass is 578 g/mol. The quantitative estimate of drug-likeness (QED) is 0.209. The molecule has 0 unspecified atom stereocenters. The minimum atomic E-state index is 0.620. The first-order valence-corrected chi connectivity index (χ1v) is 14.9. The second-order valence-corrected chi connectivity index (χ2v) is 11.3. The van der Waals surface area contributed by atoms with E-state index in [1.807, 2.05) is 78.9 Å². The number of aromatic nitrogens is 2. The Kier molecular flexibility index (Phi) is 4.93. The zero-order chi connectivity index (χ0) is 29.5. The Morgan fingerprint density at radius 3 is 1.58 bits per heavy atom. The molecule has 0 saturated heterocycles. The van der Waals surface area contributed by atoms with Gasteiger partial charge in [-0.15, -0.1) is 0 Å². The SMILES string of the molecule is c1ccc2c(c1)oc1cc(-c3cc(-c4cccc5oc6ccccc6c45)nc(-c4cccc5oc6ccccc6c45)n3)ccc12. The van der Waals surface area contributed by atoms with Crippen LogP contribution in [0.1, 0.15) is 0 Å². The summed E-state index contributed by atoms with van der Waals surface area (Å²) in [7, 11) is 0. The highest BCUT2D eigenvalue weighted by molar-refractivity contribution is 6.14. The first-order chi connectivity index (χ1) is 22.3. The molecule has 5 nitrogen and oxygen atoms in total. The molecule has 45 heavy (non-hydrogen) atoms. The van der Waals surface area contributed by atoms with Crippen molar-refractivity contribution in [3.63, 3.8) is 0 Å². The van der Waals surface area contributed by atoms with Crippen molar-refractivity contribution in [2.45, 2.75) is 0 Å². The zero-order valence-electron chi connectivity index (χ0n) is 23.8. The predicted octanol–water partition coefficient (Wildman–Crippen LogP) is 11.2. The number of hydrogen-bond donors (Lipinski definition) is 0. The van der Waals surface area contributed by atoms with Gasteiger partial charge in [-0.1, -0.05) is 84.9 Å². The molecule has 0 aliphatic carbocycles. The van der Waals surface area contributed by atoms with E-state index >= 15 is 0 Å². The number of para-hydroxylation sites is 3. The average Bonchev–Trinajstić information content (AvgIpc) is 3.78. The molecular weight excluding hydrogens is 556 g/mol. The van der Waals surface area contributed by atoms with Crippen LogP contribution in [0.5, 0.6) is 0 Å². The number of nitrogens with zero attached hydrogens (tertiary/aromatic N) is 2. The van der Waals surface area contributed by atoms with Gasteiger partial charge in [-0.05, 0) is 48.5 Å². The lowest BCUT2D eigenvalue weighted by Gasteiger charge is -2.11. The molecule has 0 aliphatic heterocycles. The van der Waals surface area contributed by atoms with Crippen LogP contribution in [-0.4, -0.2) is 9.97 Å². The van der Waals surface area contributed by atoms with Crippen LogP contribution < -0.4 is 0 Å². The second kappa shape index (κ2) is 9.15. The maximum atomic E-state index is 6.27. The molecular formula is C40H22N2O3. The fourth-order valence-corrected chi connectivity index (χ4v) is 6.69. The molecule has 0 spiro atoms. The van der Waals surface area contributed by atoms with Crippen molar-refractivity contribution < 1.29 is 13.3 Å². The predicted molar refractivity (Wildman–Crippen MR) is 180 cm³/mol. The molecule has 0 bridgehead atoms. The number of rotatable bonds is 3. The number of furan rings is 3. The summed E-state index contributed by atoms with van der Waals surface area (Å²) < 4.78 is 18.8. The van der Waals surface area contributed by atoms with Gasteiger partial charge < -0.3 is 13.3 Å². The van der Waals surface area contributed by atoms with Crippen LogP contribution in [-0.2, 0) is 0 Å². The molecule has 4 aromatic heterocycles. The van der Waals surface area contributed by atoms with Crippen LogP contribution in [0.2, 0.25) is 0 Å². The van der Waals surface area contributed by atoms with Crippen molar-refractivity contribution in [3.8, 4) is 33.9 Å². The molecule has 0 fully saturated rings. The van der Waals surface area contributed by atoms with E-state index in [2.05, 4.69) is 54.6 Å². The van der Waals surface area contributed by atoms with Crippen molar-refractivity contribution in [1.29, 1.82) is 0 Å². The van der Waals surface area contributed by atoms with Crippen molar-refractivity contribution in [2.24, 2.45) is 0 Å². The molecule has 4 heterocycles. The van der Waals surface area contributed by atoms with E-state index in [0.29, 0.717) is 5.82 Å². The van der Waals surface area contributed by atoms with Crippen LogP contribution >= 0.6 is 0 Å². The summed E-state index contributed by atoms with van der Waals surface area (Å²) in [6.07, 6.45) is 0. The minimum Gasteiger partial charge on any atom is -0.456 e. The summed E-state index contributed by atoms with van der Waals surface area (Å²) in [5.41, 5.74) is 9.44. The first kappa shape index (κ1) is 24.3. The lowest BCUT2D eigenvalue weighted by Crippen LogP contribution is -1.96. The lowest BCUT2D eigenvalue weighted by atomic mass is 10.0. The molecule has 210 valence electrons. The van der Waals surface area contributed by atoms with E-state index in [1.54, 1.807) is 0 Å². The van der Waals surface area contributed by atoms with Gasteiger partial charge in [0.05, 0.1) is 11.4 Å². The second-order valence-electron chi connectivity index (χ2n) is 11.3. The summed E-state index contributed by atoms with van der Waals surface area (Å²) in [6, 6.07) is 44.9. The molecule has 5 heteroatoms. The average molecular weight is 579 g/mol. The van der Waals surface area contributed by atoms with Crippen molar-refractivity contribution in [1.82, 2.24) is 9.97 Å². The Bertz CT molecular complexity index is 2650. The Balaban J connectivity index is 1.27. The molecule has 10 aromatic rings. The molecule has 0 radical (unpaired) electrons. The molecule has 6 aromatic carbocycles. The zero-order valence-corrected chi connectivity index (χ0v) is 23.8. The largest absolute Gasteiger partial charge is 0.456 e. The third-order valence-corrected chi connectivity index (χ3v) is 8.72. The Morgan fingerprint density at radius 1 is 0.356 bits per heavy atom. The van der Waals surface area contributed by atoms with Crippen molar-refractivity contribution in [2.75, 3.05) is 0 Å². The summed E-state index contributed by atoms with van der Waals surface area (Å²) in [4.78, 5) is 10.5. The van der Waals surface area contributed by atoms with Gasteiger partial charge in [-0.25, -0.2) is 9.97 Å². The van der Waals surface area contributed by atoms with E-state index in [0.717, 1.165) is 93.9 Å². The third kappa shape index (κ3) is 3.61. The van der Waals surface area contributed by atoms with Gasteiger partial charge in [0.1, 0.15) is 33.5 Å². The van der Waals surface area contributed by atoms with Gasteiger partial charge >= 0.3 is 0 Å². The van der Waals surface area contributed by atoms with Crippen LogP contribution in [0.15, 0.2) is 147 Å². The third-order valence-electron chi connectivity index (χ3n) is 8.72. The van der Waals surface area contributed by atoms with Gasteiger partial charge in [0.2, 0.25) is 0 Å². The minimum absolute atomic E-state index is 0.620. The molecule has 0 saturated carbocycles. The van der Waals surface area contributed by atoms with E-state index in [-0.39, 0.29) is 0 Å². The molecule has 0 aliphatic rings. The number of fused-ring (bicyclic) bond motifs is 9. The van der Waals surface area contributed by atoms with Crippen LogP contribution in [0, 0.1) is 0 Å². The molecule has 10 rings (SSSR count). The summed E-state index contributed by atoms with van der Waals surface area (Å²) in [6.45, 7) is 0. The fraction of sp³-hybridized carbons (Fsp3) is 0. The first-order valence-electron chi connectivity index (χ1n) is 14.9. The topological polar surface area (TPSA) is 65.2 Å². The Labute approximate surface area is 256 Å². The van der Waals surface area contributed by atoms with Gasteiger partial charge in [0.15, 0.2) is 5.82 Å².